The summed E-state index contributed by atoms with van der Waals surface area (Å²) in [5, 5.41) is 0. The number of benzene rings is 1. The third kappa shape index (κ3) is 2.08. The summed E-state index contributed by atoms with van der Waals surface area (Å²) in [6.07, 6.45) is 0. The molecule has 0 fully saturated rings. The first-order chi connectivity index (χ1) is 7.58. The van der Waals surface area contributed by atoms with Crippen molar-refractivity contribution < 1.29 is 40.3 Å². The SMILES string of the molecule is C=C(C)C(=O)Oc1cccc2c1OC(=O)[I-]2. The Morgan fingerprint density at radius 1 is 1.50 bits per heavy atom. The summed E-state index contributed by atoms with van der Waals surface area (Å²) in [5.41, 5.74) is 0.302. The molecule has 5 heteroatoms. The monoisotopic (exact) mass is 331 g/mol. The first kappa shape index (κ1) is 11.1. The summed E-state index contributed by atoms with van der Waals surface area (Å²) in [7, 11) is 0. The molecule has 1 heterocycles. The Labute approximate surface area is 102 Å². The van der Waals surface area contributed by atoms with Gasteiger partial charge < -0.3 is 0 Å². The Hall–Kier alpha value is -1.37. The number of rotatable bonds is 2. The molecule has 1 aliphatic heterocycles. The molecule has 0 unspecified atom stereocenters. The quantitative estimate of drug-likeness (QED) is 0.228. The third-order valence-electron chi connectivity index (χ3n) is 1.84. The predicted octanol–water partition coefficient (Wildman–Crippen LogP) is -1.06. The van der Waals surface area contributed by atoms with E-state index in [2.05, 4.69) is 6.58 Å². The van der Waals surface area contributed by atoms with E-state index in [1.54, 1.807) is 19.1 Å². The minimum absolute atomic E-state index is 0.229. The molecule has 0 spiro atoms. The van der Waals surface area contributed by atoms with Crippen LogP contribution in [0.3, 0.4) is 0 Å². The van der Waals surface area contributed by atoms with Gasteiger partial charge in [0.2, 0.25) is 0 Å². The number of halogens is 1. The Morgan fingerprint density at radius 2 is 2.25 bits per heavy atom. The second-order valence-electron chi connectivity index (χ2n) is 3.17. The van der Waals surface area contributed by atoms with Gasteiger partial charge in [0.25, 0.3) is 0 Å². The van der Waals surface area contributed by atoms with Gasteiger partial charge in [0.05, 0.1) is 0 Å². The zero-order valence-corrected chi connectivity index (χ0v) is 10.6. The fraction of sp³-hybridized carbons (Fsp3) is 0.0909. The van der Waals surface area contributed by atoms with Crippen LogP contribution in [0.4, 0.5) is 4.79 Å². The van der Waals surface area contributed by atoms with Crippen LogP contribution in [0.15, 0.2) is 30.4 Å². The van der Waals surface area contributed by atoms with Crippen molar-refractivity contribution in [3.63, 3.8) is 0 Å². The van der Waals surface area contributed by atoms with E-state index in [9.17, 15) is 9.59 Å². The van der Waals surface area contributed by atoms with Gasteiger partial charge in [-0.3, -0.25) is 0 Å². The van der Waals surface area contributed by atoms with Crippen LogP contribution in [-0.2, 0) is 4.79 Å². The van der Waals surface area contributed by atoms with Crippen molar-refractivity contribution in [2.24, 2.45) is 0 Å². The first-order valence-electron chi connectivity index (χ1n) is 4.45. The molecule has 1 aromatic rings. The Bertz CT molecular complexity index is 493. The van der Waals surface area contributed by atoms with E-state index in [0.29, 0.717) is 11.3 Å². The summed E-state index contributed by atoms with van der Waals surface area (Å²) in [5.74, 6) is 0.153. The number of fused-ring (bicyclic) bond motifs is 1. The molecular formula is C11H8IO4-. The van der Waals surface area contributed by atoms with Crippen LogP contribution in [0.1, 0.15) is 6.92 Å². The standard InChI is InChI=1S/C11H8IO4/c1-6(2)10(13)15-8-5-3-4-7-9(8)16-11(14)12-7/h3-5H,1H2,2H3/q-1. The number of esters is 1. The Balaban J connectivity index is 2.30. The normalized spacial score (nSPS) is 13.4. The van der Waals surface area contributed by atoms with Crippen molar-refractivity contribution in [3.8, 4) is 11.5 Å². The van der Waals surface area contributed by atoms with Gasteiger partial charge in [0, 0.05) is 0 Å². The van der Waals surface area contributed by atoms with E-state index < -0.39 is 27.2 Å². The molecule has 2 rings (SSSR count). The van der Waals surface area contributed by atoms with Crippen molar-refractivity contribution in [3.05, 3.63) is 33.9 Å². The third-order valence-corrected chi connectivity index (χ3v) is 3.93. The average molecular weight is 331 g/mol. The molecule has 0 amide bonds. The van der Waals surface area contributed by atoms with E-state index in [1.807, 2.05) is 6.07 Å². The molecular weight excluding hydrogens is 323 g/mol. The second kappa shape index (κ2) is 4.25. The molecule has 0 bridgehead atoms. The molecule has 0 aliphatic carbocycles. The van der Waals surface area contributed by atoms with Gasteiger partial charge in [-0.1, -0.05) is 0 Å². The van der Waals surface area contributed by atoms with Gasteiger partial charge in [-0.2, -0.15) is 0 Å². The topological polar surface area (TPSA) is 52.6 Å². The summed E-state index contributed by atoms with van der Waals surface area (Å²) < 4.78 is 10.7. The van der Waals surface area contributed by atoms with E-state index in [4.69, 9.17) is 9.47 Å². The van der Waals surface area contributed by atoms with Crippen LogP contribution in [0, 0.1) is 3.57 Å². The van der Waals surface area contributed by atoms with E-state index in [0.717, 1.165) is 3.57 Å². The summed E-state index contributed by atoms with van der Waals surface area (Å²) >= 11 is -0.774. The van der Waals surface area contributed by atoms with Gasteiger partial charge in [-0.15, -0.1) is 0 Å². The number of para-hydroxylation sites is 1. The predicted molar refractivity (Wildman–Crippen MR) is 51.6 cm³/mol. The van der Waals surface area contributed by atoms with Crippen LogP contribution in [0.25, 0.3) is 0 Å². The van der Waals surface area contributed by atoms with Crippen LogP contribution >= 0.6 is 0 Å². The molecule has 0 atom stereocenters. The van der Waals surface area contributed by atoms with Crippen molar-refractivity contribution in [1.29, 1.82) is 0 Å². The zero-order valence-electron chi connectivity index (χ0n) is 8.45. The number of hydrogen-bond acceptors (Lipinski definition) is 4. The van der Waals surface area contributed by atoms with Crippen molar-refractivity contribution in [2.45, 2.75) is 6.92 Å². The van der Waals surface area contributed by atoms with Gasteiger partial charge in [-0.25, -0.2) is 0 Å². The van der Waals surface area contributed by atoms with Crippen LogP contribution < -0.4 is 30.7 Å². The molecule has 1 aromatic carbocycles. The number of carbonyl (C=O) groups excluding carboxylic acids is 2. The van der Waals surface area contributed by atoms with Gasteiger partial charge >= 0.3 is 103 Å². The van der Waals surface area contributed by atoms with Crippen LogP contribution in [0.5, 0.6) is 11.5 Å². The molecule has 0 radical (unpaired) electrons. The molecule has 4 nitrogen and oxygen atoms in total. The first-order valence-corrected chi connectivity index (χ1v) is 6.61. The van der Waals surface area contributed by atoms with E-state index in [-0.39, 0.29) is 9.73 Å². The fourth-order valence-corrected chi connectivity index (χ4v) is 2.93. The van der Waals surface area contributed by atoms with Crippen molar-refractivity contribution in [1.82, 2.24) is 0 Å². The van der Waals surface area contributed by atoms with E-state index >= 15 is 0 Å². The molecule has 0 saturated carbocycles. The van der Waals surface area contributed by atoms with Gasteiger partial charge in [0.1, 0.15) is 0 Å². The fourth-order valence-electron chi connectivity index (χ4n) is 1.11. The van der Waals surface area contributed by atoms with Crippen LogP contribution in [-0.4, -0.2) is 9.95 Å². The number of carbonyl (C=O) groups is 2. The van der Waals surface area contributed by atoms with Gasteiger partial charge in [0.15, 0.2) is 0 Å². The summed E-state index contributed by atoms with van der Waals surface area (Å²) in [4.78, 5) is 22.5. The number of ether oxygens (including phenoxy) is 2. The Kier molecular flexibility index (Phi) is 2.95. The zero-order chi connectivity index (χ0) is 11.7. The van der Waals surface area contributed by atoms with Crippen molar-refractivity contribution in [2.75, 3.05) is 0 Å². The molecule has 84 valence electrons. The second-order valence-corrected chi connectivity index (χ2v) is 5.75. The van der Waals surface area contributed by atoms with Crippen LogP contribution in [0.2, 0.25) is 0 Å². The maximum absolute atomic E-state index is 11.3. The minimum atomic E-state index is -0.774. The van der Waals surface area contributed by atoms with E-state index in [1.165, 1.54) is 0 Å². The Morgan fingerprint density at radius 3 is 2.94 bits per heavy atom. The summed E-state index contributed by atoms with van der Waals surface area (Å²) in [6, 6.07) is 5.15. The molecule has 0 saturated heterocycles. The number of hydrogen-bond donors (Lipinski definition) is 0. The summed E-state index contributed by atoms with van der Waals surface area (Å²) in [6.45, 7) is 5.04. The molecule has 0 aromatic heterocycles. The molecule has 1 aliphatic rings. The average Bonchev–Trinajstić information content (AvgIpc) is 2.59. The van der Waals surface area contributed by atoms with Crippen molar-refractivity contribution >= 4 is 9.95 Å². The van der Waals surface area contributed by atoms with Gasteiger partial charge in [-0.05, 0) is 0 Å². The molecule has 0 N–H and O–H groups in total. The molecule has 16 heavy (non-hydrogen) atoms. The maximum atomic E-state index is 11.3.